The number of aliphatic hydroxyl groups excluding tert-OH is 2. The highest BCUT2D eigenvalue weighted by atomic mass is 32.2. The number of β-amino-alcohol motifs (C(OH)–C–C–N with tert-alkyl or cyclic N) is 1. The number of nitrogens with one attached hydrogen (secondary N) is 2. The number of hydrogen-bond donors (Lipinski definition) is 4. The molecule has 1 saturated heterocycles. The summed E-state index contributed by atoms with van der Waals surface area (Å²) in [5, 5.41) is 27.3. The van der Waals surface area contributed by atoms with E-state index in [0.717, 1.165) is 29.7 Å². The van der Waals surface area contributed by atoms with E-state index in [1.807, 2.05) is 37.3 Å². The van der Waals surface area contributed by atoms with Gasteiger partial charge in [0.25, 0.3) is 0 Å². The highest BCUT2D eigenvalue weighted by Gasteiger charge is 2.68. The van der Waals surface area contributed by atoms with Crippen LogP contribution >= 0.6 is 11.8 Å². The summed E-state index contributed by atoms with van der Waals surface area (Å²) in [4.78, 5) is 40.4. The Balaban J connectivity index is 1.29. The van der Waals surface area contributed by atoms with Crippen molar-refractivity contribution in [3.8, 4) is 0 Å². The SMILES string of the molecule is C=C[C@]1(C)C[C@@H](OC(=O)CSc2cccc(CNC(=O)[C@@H]3C[C@@H](O)CN3)c2)[C@]2(C)C(C)CCC3(CCC(=O)C32)[C@@H](C)[C@@H]1O. The van der Waals surface area contributed by atoms with Gasteiger partial charge in [-0.05, 0) is 67.1 Å². The number of thioether (sulfide) groups is 1. The molecule has 3 unspecified atom stereocenters. The van der Waals surface area contributed by atoms with Gasteiger partial charge in [-0.25, -0.2) is 0 Å². The summed E-state index contributed by atoms with van der Waals surface area (Å²) in [6, 6.07) is 7.31. The number of ketones is 1. The van der Waals surface area contributed by atoms with Gasteiger partial charge in [-0.1, -0.05) is 45.9 Å². The second kappa shape index (κ2) is 12.3. The van der Waals surface area contributed by atoms with Gasteiger partial charge in [-0.15, -0.1) is 18.3 Å². The maximum atomic E-state index is 13.6. The number of ether oxygens (including phenoxy) is 1. The largest absolute Gasteiger partial charge is 0.461 e. The van der Waals surface area contributed by atoms with Gasteiger partial charge >= 0.3 is 5.97 Å². The van der Waals surface area contributed by atoms with Crippen molar-refractivity contribution in [2.45, 2.75) is 102 Å². The molecule has 43 heavy (non-hydrogen) atoms. The Bertz CT molecular complexity index is 1260. The molecule has 9 heteroatoms. The lowest BCUT2D eigenvalue weighted by Crippen LogP contribution is -2.63. The van der Waals surface area contributed by atoms with Crippen molar-refractivity contribution in [1.29, 1.82) is 0 Å². The maximum absolute atomic E-state index is 13.6. The molecule has 1 aliphatic heterocycles. The molecule has 1 aromatic carbocycles. The first-order chi connectivity index (χ1) is 20.3. The predicted octanol–water partition coefficient (Wildman–Crippen LogP) is 4.02. The number of aliphatic hydroxyl groups is 2. The lowest BCUT2D eigenvalue weighted by Gasteiger charge is -2.61. The first-order valence-electron chi connectivity index (χ1n) is 15.8. The van der Waals surface area contributed by atoms with Gasteiger partial charge in [0.1, 0.15) is 11.9 Å². The van der Waals surface area contributed by atoms with Crippen LogP contribution in [0.4, 0.5) is 0 Å². The lowest BCUT2D eigenvalue weighted by molar-refractivity contribution is -0.205. The van der Waals surface area contributed by atoms with Crippen molar-refractivity contribution in [2.75, 3.05) is 12.3 Å². The summed E-state index contributed by atoms with van der Waals surface area (Å²) >= 11 is 1.38. The van der Waals surface area contributed by atoms with E-state index in [4.69, 9.17) is 4.74 Å². The Morgan fingerprint density at radius 3 is 2.70 bits per heavy atom. The highest BCUT2D eigenvalue weighted by Crippen LogP contribution is 2.68. The van der Waals surface area contributed by atoms with Crippen LogP contribution < -0.4 is 10.6 Å². The molecule has 236 valence electrons. The van der Waals surface area contributed by atoms with Crippen molar-refractivity contribution in [3.63, 3.8) is 0 Å². The molecule has 4 N–H and O–H groups in total. The number of carbonyl (C=O) groups is 3. The van der Waals surface area contributed by atoms with E-state index in [9.17, 15) is 24.6 Å². The van der Waals surface area contributed by atoms with Crippen LogP contribution in [0.1, 0.15) is 71.8 Å². The van der Waals surface area contributed by atoms with Crippen LogP contribution in [0.25, 0.3) is 0 Å². The van der Waals surface area contributed by atoms with Gasteiger partial charge in [-0.2, -0.15) is 0 Å². The number of hydrogen-bond acceptors (Lipinski definition) is 8. The summed E-state index contributed by atoms with van der Waals surface area (Å²) in [6.07, 6.45) is 4.05. The zero-order valence-electron chi connectivity index (χ0n) is 25.9. The number of benzene rings is 1. The predicted molar refractivity (Wildman–Crippen MR) is 166 cm³/mol. The molecule has 3 aliphatic carbocycles. The molecule has 3 saturated carbocycles. The van der Waals surface area contributed by atoms with Crippen LogP contribution in [0.5, 0.6) is 0 Å². The van der Waals surface area contributed by atoms with Crippen LogP contribution in [0.15, 0.2) is 41.8 Å². The third-order valence-corrected chi connectivity index (χ3v) is 12.7. The summed E-state index contributed by atoms with van der Waals surface area (Å²) in [5.74, 6) is -0.262. The molecule has 8 nitrogen and oxygen atoms in total. The van der Waals surface area contributed by atoms with Gasteiger partial charge in [0.2, 0.25) is 5.91 Å². The molecular formula is C34H48N2O6S. The average molecular weight is 613 g/mol. The molecule has 10 atom stereocenters. The monoisotopic (exact) mass is 612 g/mol. The van der Waals surface area contributed by atoms with Crippen LogP contribution in [-0.2, 0) is 25.7 Å². The maximum Gasteiger partial charge on any atom is 0.316 e. The lowest BCUT2D eigenvalue weighted by atomic mass is 9.44. The molecule has 1 amide bonds. The average Bonchev–Trinajstić information content (AvgIpc) is 3.59. The molecular weight excluding hydrogens is 564 g/mol. The Morgan fingerprint density at radius 2 is 2.00 bits per heavy atom. The van der Waals surface area contributed by atoms with Gasteiger partial charge in [0, 0.05) is 41.2 Å². The number of carbonyl (C=O) groups excluding carboxylic acids is 3. The summed E-state index contributed by atoms with van der Waals surface area (Å²) in [5.41, 5.74) is -0.585. The van der Waals surface area contributed by atoms with E-state index < -0.39 is 29.1 Å². The fraction of sp³-hybridized carbons (Fsp3) is 0.676. The number of amides is 1. The van der Waals surface area contributed by atoms with Crippen molar-refractivity contribution < 1.29 is 29.3 Å². The molecule has 1 heterocycles. The van der Waals surface area contributed by atoms with Crippen LogP contribution in [0, 0.1) is 34.0 Å². The number of esters is 1. The standard InChI is InChI=1S/C34H48N2O6S/c1-6-32(4)16-27(33(5)20(2)10-12-34(21(3)30(32)40)13-11-26(38)29(33)34)42-28(39)19-43-24-9-7-8-22(14-24)17-36-31(41)25-15-23(37)18-35-25/h6-9,14,20-21,23,25,27,29-30,35,37,40H,1,10-13,15-19H2,2-5H3,(H,36,41)/t20?,21-,23+,25-,27+,29?,30-,32+,33-,34?/m0/s1. The first kappa shape index (κ1) is 32.2. The normalized spacial score (nSPS) is 40.7. The first-order valence-corrected chi connectivity index (χ1v) is 16.8. The molecule has 0 radical (unpaired) electrons. The van der Waals surface area contributed by atoms with Gasteiger partial charge < -0.3 is 25.6 Å². The van der Waals surface area contributed by atoms with E-state index in [1.54, 1.807) is 0 Å². The molecule has 5 rings (SSSR count). The van der Waals surface area contributed by atoms with Crippen molar-refractivity contribution in [1.82, 2.24) is 10.6 Å². The summed E-state index contributed by atoms with van der Waals surface area (Å²) < 4.78 is 6.36. The molecule has 0 spiro atoms. The minimum absolute atomic E-state index is 0.0657. The molecule has 1 aromatic rings. The van der Waals surface area contributed by atoms with Crippen molar-refractivity contribution in [3.05, 3.63) is 42.5 Å². The second-order valence-corrected chi connectivity index (χ2v) is 15.1. The minimum atomic E-state index is -0.690. The van der Waals surface area contributed by atoms with Crippen LogP contribution in [-0.4, -0.2) is 64.5 Å². The number of rotatable bonds is 8. The van der Waals surface area contributed by atoms with Crippen LogP contribution in [0.2, 0.25) is 0 Å². The minimum Gasteiger partial charge on any atom is -0.461 e. The fourth-order valence-corrected chi connectivity index (χ4v) is 9.57. The fourth-order valence-electron chi connectivity index (χ4n) is 8.81. The van der Waals surface area contributed by atoms with Crippen molar-refractivity contribution in [2.24, 2.45) is 34.0 Å². The van der Waals surface area contributed by atoms with E-state index in [0.29, 0.717) is 32.4 Å². The highest BCUT2D eigenvalue weighted by molar-refractivity contribution is 8.00. The molecule has 4 aliphatic rings. The molecule has 4 fully saturated rings. The topological polar surface area (TPSA) is 125 Å². The Kier molecular flexibility index (Phi) is 9.21. The Hall–Kier alpha value is -2.20. The Labute approximate surface area is 259 Å². The van der Waals surface area contributed by atoms with E-state index in [-0.39, 0.29) is 52.6 Å². The van der Waals surface area contributed by atoms with E-state index in [1.165, 1.54) is 11.8 Å². The smallest absolute Gasteiger partial charge is 0.316 e. The van der Waals surface area contributed by atoms with Gasteiger partial charge in [-0.3, -0.25) is 14.4 Å². The van der Waals surface area contributed by atoms with Gasteiger partial charge in [0.05, 0.1) is 24.0 Å². The molecule has 0 aromatic heterocycles. The zero-order valence-corrected chi connectivity index (χ0v) is 26.8. The van der Waals surface area contributed by atoms with Gasteiger partial charge in [0.15, 0.2) is 0 Å². The van der Waals surface area contributed by atoms with Crippen molar-refractivity contribution >= 4 is 29.4 Å². The second-order valence-electron chi connectivity index (χ2n) is 14.1. The number of Topliss-reactive ketones (excluding diaryl/α,β-unsaturated/α-hetero) is 1. The quantitative estimate of drug-likeness (QED) is 0.197. The molecule has 2 bridgehead atoms. The Morgan fingerprint density at radius 1 is 1.23 bits per heavy atom. The third-order valence-electron chi connectivity index (χ3n) is 11.7. The van der Waals surface area contributed by atoms with E-state index >= 15 is 0 Å². The third kappa shape index (κ3) is 5.83. The van der Waals surface area contributed by atoms with Crippen LogP contribution in [0.3, 0.4) is 0 Å². The summed E-state index contributed by atoms with van der Waals surface area (Å²) in [6.45, 7) is 13.3. The summed E-state index contributed by atoms with van der Waals surface area (Å²) in [7, 11) is 0. The zero-order chi connectivity index (χ0) is 31.2. The van der Waals surface area contributed by atoms with E-state index in [2.05, 4.69) is 38.0 Å².